The van der Waals surface area contributed by atoms with Gasteiger partial charge in [-0.1, -0.05) is 29.8 Å². The van der Waals surface area contributed by atoms with Crippen LogP contribution in [0.3, 0.4) is 0 Å². The average Bonchev–Trinajstić information content (AvgIpc) is 2.95. The van der Waals surface area contributed by atoms with Crippen molar-refractivity contribution in [1.29, 1.82) is 0 Å². The van der Waals surface area contributed by atoms with Crippen molar-refractivity contribution in [3.8, 4) is 0 Å². The molecule has 3 aromatic rings. The van der Waals surface area contributed by atoms with Gasteiger partial charge < -0.3 is 0 Å². The first kappa shape index (κ1) is 20.7. The first-order valence-corrected chi connectivity index (χ1v) is 10.4. The highest BCUT2D eigenvalue weighted by Crippen LogP contribution is 2.26. The van der Waals surface area contributed by atoms with Gasteiger partial charge in [-0.05, 0) is 42.0 Å². The molecule has 9 heteroatoms. The lowest BCUT2D eigenvalue weighted by molar-refractivity contribution is -0.384. The van der Waals surface area contributed by atoms with E-state index in [-0.39, 0.29) is 24.0 Å². The van der Waals surface area contributed by atoms with E-state index in [0.29, 0.717) is 39.6 Å². The highest BCUT2D eigenvalue weighted by Gasteiger charge is 2.36. The summed E-state index contributed by atoms with van der Waals surface area (Å²) < 4.78 is 0. The number of halogens is 1. The molecule has 0 aromatic heterocycles. The molecule has 2 heterocycles. The van der Waals surface area contributed by atoms with E-state index in [0.717, 1.165) is 11.1 Å². The summed E-state index contributed by atoms with van der Waals surface area (Å²) in [6.07, 6.45) is 0.361. The summed E-state index contributed by atoms with van der Waals surface area (Å²) in [5.41, 5.74) is 3.98. The fourth-order valence-corrected chi connectivity index (χ4v) is 4.13. The Labute approximate surface area is 193 Å². The highest BCUT2D eigenvalue weighted by atomic mass is 35.5. The lowest BCUT2D eigenvalue weighted by Crippen LogP contribution is -2.35. The number of amides is 2. The van der Waals surface area contributed by atoms with E-state index in [1.165, 1.54) is 17.0 Å². The van der Waals surface area contributed by atoms with Gasteiger partial charge in [0.05, 0.1) is 28.3 Å². The fourth-order valence-electron chi connectivity index (χ4n) is 3.96. The maximum absolute atomic E-state index is 12.8. The Hall–Kier alpha value is -4.17. The Morgan fingerprint density at radius 3 is 2.21 bits per heavy atom. The van der Waals surface area contributed by atoms with Gasteiger partial charge in [0.1, 0.15) is 5.71 Å². The number of nitro benzene ring substituents is 1. The predicted octanol–water partition coefficient (Wildman–Crippen LogP) is 4.29. The van der Waals surface area contributed by atoms with Gasteiger partial charge in [0, 0.05) is 34.7 Å². The van der Waals surface area contributed by atoms with Crippen molar-refractivity contribution in [2.45, 2.75) is 6.42 Å². The Balaban J connectivity index is 1.52. The monoisotopic (exact) mass is 458 g/mol. The van der Waals surface area contributed by atoms with E-state index in [1.807, 2.05) is 6.07 Å². The second kappa shape index (κ2) is 8.07. The van der Waals surface area contributed by atoms with Crippen LogP contribution in [0.5, 0.6) is 0 Å². The van der Waals surface area contributed by atoms with Crippen LogP contribution in [0.2, 0.25) is 5.02 Å². The van der Waals surface area contributed by atoms with Crippen LogP contribution in [-0.2, 0) is 6.42 Å². The number of imide groups is 1. The summed E-state index contributed by atoms with van der Waals surface area (Å²) in [6, 6.07) is 18.1. The van der Waals surface area contributed by atoms with E-state index in [1.54, 1.807) is 48.5 Å². The second-order valence-corrected chi connectivity index (χ2v) is 8.08. The molecule has 3 aromatic carbocycles. The molecular formula is C24H15ClN4O4. The van der Waals surface area contributed by atoms with Gasteiger partial charge in [-0.25, -0.2) is 0 Å². The lowest BCUT2D eigenvalue weighted by Gasteiger charge is -2.15. The van der Waals surface area contributed by atoms with Crippen molar-refractivity contribution in [2.75, 3.05) is 6.54 Å². The van der Waals surface area contributed by atoms with Crippen molar-refractivity contribution in [3.63, 3.8) is 0 Å². The van der Waals surface area contributed by atoms with E-state index >= 15 is 0 Å². The summed E-state index contributed by atoms with van der Waals surface area (Å²) >= 11 is 6.23. The fraction of sp³-hybridized carbons (Fsp3) is 0.0833. The van der Waals surface area contributed by atoms with Crippen molar-refractivity contribution in [1.82, 2.24) is 4.90 Å². The third-order valence-corrected chi connectivity index (χ3v) is 5.82. The zero-order chi connectivity index (χ0) is 23.1. The van der Waals surface area contributed by atoms with Crippen LogP contribution in [0.1, 0.15) is 37.4 Å². The third kappa shape index (κ3) is 3.70. The minimum absolute atomic E-state index is 0.00541. The highest BCUT2D eigenvalue weighted by molar-refractivity contribution is 6.31. The number of non-ortho nitro benzene ring substituents is 1. The van der Waals surface area contributed by atoms with E-state index in [9.17, 15) is 19.7 Å². The molecule has 33 heavy (non-hydrogen) atoms. The second-order valence-electron chi connectivity index (χ2n) is 7.64. The molecule has 5 rings (SSSR count). The normalized spacial score (nSPS) is 14.9. The molecule has 0 saturated heterocycles. The number of fused-ring (bicyclic) bond motifs is 2. The zero-order valence-electron chi connectivity index (χ0n) is 17.1. The van der Waals surface area contributed by atoms with Crippen molar-refractivity contribution >= 4 is 40.5 Å². The molecule has 0 unspecified atom stereocenters. The van der Waals surface area contributed by atoms with E-state index < -0.39 is 4.92 Å². The summed E-state index contributed by atoms with van der Waals surface area (Å²) in [4.78, 5) is 37.3. The maximum atomic E-state index is 12.8. The van der Waals surface area contributed by atoms with Gasteiger partial charge in [-0.3, -0.25) is 24.6 Å². The number of hydrogen-bond acceptors (Lipinski definition) is 6. The Morgan fingerprint density at radius 1 is 0.909 bits per heavy atom. The summed E-state index contributed by atoms with van der Waals surface area (Å²) in [5, 5.41) is 20.3. The quantitative estimate of drug-likeness (QED) is 0.330. The van der Waals surface area contributed by atoms with Gasteiger partial charge >= 0.3 is 0 Å². The predicted molar refractivity (Wildman–Crippen MR) is 123 cm³/mol. The van der Waals surface area contributed by atoms with Crippen LogP contribution in [-0.4, -0.2) is 39.6 Å². The van der Waals surface area contributed by atoms with Gasteiger partial charge in [0.2, 0.25) is 0 Å². The summed E-state index contributed by atoms with van der Waals surface area (Å²) in [7, 11) is 0. The van der Waals surface area contributed by atoms with Crippen molar-refractivity contribution in [3.05, 3.63) is 110 Å². The molecule has 0 bridgehead atoms. The molecule has 0 fully saturated rings. The Morgan fingerprint density at radius 2 is 1.58 bits per heavy atom. The molecule has 0 spiro atoms. The Kier molecular flexibility index (Phi) is 5.07. The molecule has 162 valence electrons. The minimum Gasteiger partial charge on any atom is -0.269 e. The number of carbonyl (C=O) groups is 2. The number of hydrogen-bond donors (Lipinski definition) is 0. The minimum atomic E-state index is -0.470. The number of carbonyl (C=O) groups excluding carboxylic acids is 2. The number of rotatable bonds is 4. The van der Waals surface area contributed by atoms with Crippen LogP contribution in [0.4, 0.5) is 5.69 Å². The topological polar surface area (TPSA) is 105 Å². The van der Waals surface area contributed by atoms with Gasteiger partial charge in [-0.15, -0.1) is 5.10 Å². The SMILES string of the molecule is O=C1c2ccccc2C(=O)N1CC1=NN=C(c2ccc([N+](=O)[O-])cc2)c2cc(Cl)ccc2C1. The Bertz CT molecular complexity index is 1360. The summed E-state index contributed by atoms with van der Waals surface area (Å²) in [6.45, 7) is 0.00541. The van der Waals surface area contributed by atoms with Crippen LogP contribution in [0.25, 0.3) is 0 Å². The molecule has 0 atom stereocenters. The smallest absolute Gasteiger partial charge is 0.269 e. The first-order valence-electron chi connectivity index (χ1n) is 10.0. The van der Waals surface area contributed by atoms with Crippen LogP contribution < -0.4 is 0 Å². The average molecular weight is 459 g/mol. The van der Waals surface area contributed by atoms with E-state index in [2.05, 4.69) is 10.2 Å². The first-order chi connectivity index (χ1) is 15.9. The van der Waals surface area contributed by atoms with Crippen LogP contribution in [0, 0.1) is 10.1 Å². The zero-order valence-corrected chi connectivity index (χ0v) is 17.8. The van der Waals surface area contributed by atoms with Crippen molar-refractivity contribution in [2.24, 2.45) is 10.2 Å². The molecule has 2 aliphatic heterocycles. The largest absolute Gasteiger partial charge is 0.269 e. The number of nitrogens with zero attached hydrogens (tertiary/aromatic N) is 4. The standard InChI is InChI=1S/C24H15ClN4O4/c25-16-8-5-15-11-17(13-28-23(30)19-3-1-2-4-20(19)24(28)31)26-27-22(21(15)12-16)14-6-9-18(10-7-14)29(32)33/h1-10,12H,11,13H2. The molecule has 0 aliphatic carbocycles. The molecule has 0 N–H and O–H groups in total. The van der Waals surface area contributed by atoms with Gasteiger partial charge in [0.25, 0.3) is 17.5 Å². The molecule has 2 aliphatic rings. The summed E-state index contributed by atoms with van der Waals surface area (Å²) in [5.74, 6) is -0.725. The molecule has 0 saturated carbocycles. The van der Waals surface area contributed by atoms with Gasteiger partial charge in [-0.2, -0.15) is 5.10 Å². The molecule has 2 amide bonds. The van der Waals surface area contributed by atoms with E-state index in [4.69, 9.17) is 11.6 Å². The molecule has 8 nitrogen and oxygen atoms in total. The maximum Gasteiger partial charge on any atom is 0.269 e. The van der Waals surface area contributed by atoms with Gasteiger partial charge in [0.15, 0.2) is 0 Å². The lowest BCUT2D eigenvalue weighted by atomic mass is 9.95. The van der Waals surface area contributed by atoms with Crippen molar-refractivity contribution < 1.29 is 14.5 Å². The number of nitro groups is 1. The van der Waals surface area contributed by atoms with Crippen LogP contribution >= 0.6 is 11.6 Å². The molecular weight excluding hydrogens is 444 g/mol. The molecule has 0 radical (unpaired) electrons. The van der Waals surface area contributed by atoms with Crippen LogP contribution in [0.15, 0.2) is 76.9 Å². The third-order valence-electron chi connectivity index (χ3n) is 5.58. The number of benzene rings is 3.